The number of hydrogen-bond acceptors (Lipinski definition) is 0. The molecule has 131 heavy (non-hydrogen) atoms. The van der Waals surface area contributed by atoms with E-state index in [0.29, 0.717) is 0 Å². The number of fused-ring (bicyclic) bond motifs is 27. The Hall–Kier alpha value is -15.6. The van der Waals surface area contributed by atoms with Gasteiger partial charge in [0.15, 0.2) is 0 Å². The molecule has 0 heteroatoms. The van der Waals surface area contributed by atoms with Crippen LogP contribution in [0, 0.1) is 0 Å². The maximum atomic E-state index is 2.23. The predicted molar refractivity (Wildman–Crippen MR) is 559 cm³/mol. The summed E-state index contributed by atoms with van der Waals surface area (Å²) in [5, 5.41) is 5.52. The van der Waals surface area contributed by atoms with Crippen LogP contribution in [0.3, 0.4) is 0 Å². The Bertz CT molecular complexity index is 6330. The molecule has 0 N–H and O–H groups in total. The van der Waals surface area contributed by atoms with Crippen LogP contribution in [0.4, 0.5) is 0 Å². The first-order valence-corrected chi connectivity index (χ1v) is 46.5. The van der Waals surface area contributed by atoms with Gasteiger partial charge in [0.25, 0.3) is 0 Å². The molecule has 0 fully saturated rings. The van der Waals surface area contributed by atoms with Gasteiger partial charge in [-0.2, -0.15) is 0 Å². The third-order valence-corrected chi connectivity index (χ3v) is 26.7. The lowest BCUT2D eigenvalue weighted by molar-refractivity contribution is 1.26. The molecule has 0 atom stereocenters. The zero-order valence-electron chi connectivity index (χ0n) is 74.1. The number of rotatable bonds is 0. The van der Waals surface area contributed by atoms with Crippen LogP contribution in [0.2, 0.25) is 0 Å². The average Bonchev–Trinajstić information content (AvgIpc) is 1.70. The fraction of sp³-hybridized carbons (Fsp3) is 0.0840. The Kier molecular flexibility index (Phi) is 25.6. The second-order valence-corrected chi connectivity index (χ2v) is 34.8. The molecule has 30 rings (SSSR count). The van der Waals surface area contributed by atoms with E-state index in [-0.39, 0.29) is 0 Å². The minimum absolute atomic E-state index is 1.09. The second kappa shape index (κ2) is 40.2. The molecule has 0 radical (unpaired) electrons. The van der Waals surface area contributed by atoms with Crippen molar-refractivity contribution < 1.29 is 0 Å². The summed E-state index contributed by atoms with van der Waals surface area (Å²) in [6.45, 7) is 0. The molecular formula is C131H104. The van der Waals surface area contributed by atoms with Crippen LogP contribution in [0.5, 0.6) is 0 Å². The lowest BCUT2D eigenvalue weighted by atomic mass is 10.0. The Morgan fingerprint density at radius 2 is 0.275 bits per heavy atom. The lowest BCUT2D eigenvalue weighted by Crippen LogP contribution is -1.83. The molecule has 19 aromatic rings. The fourth-order valence-corrected chi connectivity index (χ4v) is 20.1. The van der Waals surface area contributed by atoms with Crippen molar-refractivity contribution in [2.75, 3.05) is 0 Å². The summed E-state index contributed by atoms with van der Waals surface area (Å²) < 4.78 is 0. The largest absolute Gasteiger partial charge is 0.0795 e. The van der Waals surface area contributed by atoms with Gasteiger partial charge >= 0.3 is 0 Å². The van der Waals surface area contributed by atoms with Crippen molar-refractivity contribution in [1.29, 1.82) is 0 Å². The first-order chi connectivity index (χ1) is 65.0. The van der Waals surface area contributed by atoms with Crippen LogP contribution in [0.1, 0.15) is 122 Å². The first-order valence-electron chi connectivity index (χ1n) is 46.5. The number of hydrogen-bond donors (Lipinski definition) is 0. The molecule has 0 amide bonds. The number of allylic oxidation sites excluding steroid dienone is 5. The molecule has 0 aromatic heterocycles. The molecule has 0 nitrogen and oxygen atoms in total. The van der Waals surface area contributed by atoms with Gasteiger partial charge in [-0.1, -0.05) is 498 Å². The highest BCUT2D eigenvalue weighted by Crippen LogP contribution is 2.42. The molecule has 11 aliphatic rings. The highest BCUT2D eigenvalue weighted by Gasteiger charge is 2.23. The molecule has 11 aliphatic carbocycles. The minimum atomic E-state index is 1.09. The van der Waals surface area contributed by atoms with Gasteiger partial charge in [0, 0.05) is 0 Å². The molecule has 0 saturated carbocycles. The summed E-state index contributed by atoms with van der Waals surface area (Å²) in [4.78, 5) is 0. The smallest absolute Gasteiger partial charge is 0.00135 e. The average molecular weight is 1680 g/mol. The molecule has 0 unspecified atom stereocenters. The van der Waals surface area contributed by atoms with Crippen LogP contribution >= 0.6 is 0 Å². The van der Waals surface area contributed by atoms with E-state index < -0.39 is 0 Å². The van der Waals surface area contributed by atoms with E-state index in [9.17, 15) is 0 Å². The topological polar surface area (TPSA) is 0 Å². The molecule has 0 bridgehead atoms. The van der Waals surface area contributed by atoms with E-state index in [4.69, 9.17) is 0 Å². The summed E-state index contributed by atoms with van der Waals surface area (Å²) in [7, 11) is 0. The zero-order chi connectivity index (χ0) is 87.7. The van der Waals surface area contributed by atoms with Crippen molar-refractivity contribution in [3.8, 4) is 66.8 Å². The molecule has 0 aliphatic heterocycles. The standard InChI is InChI=1S/8C13H10.3C9H8/c6*1-3-7-12-10(5-1)9-11-6-2-4-8-13(11)12;2*1-2-6-12-10(4-1)8-9-11-5-3-7-13(11)12;3*1-2-5-9-7-3-6-8(9)4-1/h6*1-8H,9H2;2*1-6,8-9H,7H2;3*1-6H,7H2. The maximum Gasteiger partial charge on any atom is -0.00135 e. The van der Waals surface area contributed by atoms with Crippen LogP contribution in [-0.2, 0) is 70.6 Å². The van der Waals surface area contributed by atoms with Crippen LogP contribution in [0.25, 0.3) is 119 Å². The van der Waals surface area contributed by atoms with Gasteiger partial charge < -0.3 is 0 Å². The van der Waals surface area contributed by atoms with Gasteiger partial charge in [0.1, 0.15) is 0 Å². The van der Waals surface area contributed by atoms with Crippen molar-refractivity contribution in [3.05, 3.63) is 590 Å². The van der Waals surface area contributed by atoms with Crippen molar-refractivity contribution >= 4 is 51.9 Å². The van der Waals surface area contributed by atoms with Gasteiger partial charge in [0.2, 0.25) is 0 Å². The fourth-order valence-electron chi connectivity index (χ4n) is 20.1. The molecule has 628 valence electrons. The van der Waals surface area contributed by atoms with Crippen molar-refractivity contribution in [2.45, 2.75) is 70.6 Å². The Labute approximate surface area is 773 Å². The monoisotopic (exact) mass is 1680 g/mol. The summed E-state index contributed by atoms with van der Waals surface area (Å²) in [6, 6.07) is 155. The highest BCUT2D eigenvalue weighted by molar-refractivity contribution is 5.92. The van der Waals surface area contributed by atoms with E-state index in [1.165, 1.54) is 211 Å². The van der Waals surface area contributed by atoms with Crippen LogP contribution < -0.4 is 0 Å². The summed E-state index contributed by atoms with van der Waals surface area (Å²) >= 11 is 0. The summed E-state index contributed by atoms with van der Waals surface area (Å²) in [5.74, 6) is 0. The normalized spacial score (nSPS) is 12.9. The molecule has 0 heterocycles. The predicted octanol–water partition coefficient (Wildman–Crippen LogP) is 33.1. The first kappa shape index (κ1) is 83.6. The highest BCUT2D eigenvalue weighted by atomic mass is 14.3. The van der Waals surface area contributed by atoms with Gasteiger partial charge in [-0.15, -0.1) is 0 Å². The van der Waals surface area contributed by atoms with Crippen molar-refractivity contribution in [2.24, 2.45) is 0 Å². The maximum absolute atomic E-state index is 2.23. The van der Waals surface area contributed by atoms with Gasteiger partial charge in [-0.3, -0.25) is 0 Å². The van der Waals surface area contributed by atoms with Crippen molar-refractivity contribution in [3.63, 3.8) is 0 Å². The molecule has 0 spiro atoms. The lowest BCUT2D eigenvalue weighted by Gasteiger charge is -2.03. The third-order valence-electron chi connectivity index (χ3n) is 26.7. The molecular weight excluding hydrogens is 1570 g/mol. The van der Waals surface area contributed by atoms with E-state index in [1.807, 2.05) is 0 Å². The van der Waals surface area contributed by atoms with E-state index in [2.05, 4.69) is 498 Å². The Morgan fingerprint density at radius 3 is 0.481 bits per heavy atom. The third kappa shape index (κ3) is 19.1. The SMILES string of the molecule is C1=Cc2ccc3ccccc3c2C1.C1=Cc2ccc3ccccc3c2C1.C1=Cc2ccccc2C1.C1=Cc2ccccc2C1.C1=Cc2ccccc2C1.c1ccc2c(c1)Cc1ccccc1-2.c1ccc2c(c1)Cc1ccccc1-2.c1ccc2c(c1)Cc1ccccc1-2.c1ccc2c(c1)Cc1ccccc1-2.c1ccc2c(c1)Cc1ccccc1-2.c1ccc2c(c1)Cc1ccccc1-2. The van der Waals surface area contributed by atoms with Gasteiger partial charge in [0.05, 0.1) is 0 Å². The summed E-state index contributed by atoms with van der Waals surface area (Å²) in [5.41, 5.74) is 48.8. The van der Waals surface area contributed by atoms with Crippen LogP contribution in [0.15, 0.2) is 467 Å². The Balaban J connectivity index is 0.0000000902. The van der Waals surface area contributed by atoms with E-state index >= 15 is 0 Å². The Morgan fingerprint density at radius 1 is 0.115 bits per heavy atom. The molecule has 0 saturated heterocycles. The van der Waals surface area contributed by atoms with Gasteiger partial charge in [-0.05, 0) is 281 Å². The van der Waals surface area contributed by atoms with Crippen LogP contribution in [-0.4, -0.2) is 0 Å². The second-order valence-electron chi connectivity index (χ2n) is 34.8. The summed E-state index contributed by atoms with van der Waals surface area (Å²) in [6.07, 6.45) is 34.2. The zero-order valence-corrected chi connectivity index (χ0v) is 74.1. The van der Waals surface area contributed by atoms with E-state index in [1.54, 1.807) is 0 Å². The number of benzene rings is 19. The quantitative estimate of drug-likeness (QED) is 0.142. The van der Waals surface area contributed by atoms with E-state index in [0.717, 1.165) is 70.6 Å². The molecule has 19 aromatic carbocycles. The van der Waals surface area contributed by atoms with Gasteiger partial charge in [-0.25, -0.2) is 0 Å². The minimum Gasteiger partial charge on any atom is -0.0795 e. The van der Waals surface area contributed by atoms with Crippen molar-refractivity contribution in [1.82, 2.24) is 0 Å².